The maximum absolute atomic E-state index is 11.6. The number of esters is 1. The van der Waals surface area contributed by atoms with Gasteiger partial charge in [-0.2, -0.15) is 4.98 Å². The zero-order chi connectivity index (χ0) is 14.3. The first-order valence-corrected chi connectivity index (χ1v) is 7.07. The minimum Gasteiger partial charge on any atom is -0.464 e. The van der Waals surface area contributed by atoms with Crippen LogP contribution in [0.3, 0.4) is 0 Å². The predicted octanol–water partition coefficient (Wildman–Crippen LogP) is 2.42. The van der Waals surface area contributed by atoms with Crippen LogP contribution in [0.15, 0.2) is 10.7 Å². The molecule has 7 heteroatoms. The van der Waals surface area contributed by atoms with Gasteiger partial charge >= 0.3 is 5.97 Å². The average Bonchev–Trinajstić information content (AvgIpc) is 2.39. The van der Waals surface area contributed by atoms with Crippen LogP contribution in [0.5, 0.6) is 0 Å². The monoisotopic (exact) mass is 330 g/mol. The molecule has 1 atom stereocenters. The van der Waals surface area contributed by atoms with Crippen molar-refractivity contribution >= 4 is 33.7 Å². The maximum Gasteiger partial charge on any atom is 0.328 e. The molecule has 1 aromatic heterocycles. The highest BCUT2D eigenvalue weighted by atomic mass is 79.9. The minimum absolute atomic E-state index is 0.309. The zero-order valence-corrected chi connectivity index (χ0v) is 13.0. The normalized spacial score (nSPS) is 11.8. The van der Waals surface area contributed by atoms with Gasteiger partial charge in [0, 0.05) is 12.7 Å². The summed E-state index contributed by atoms with van der Waals surface area (Å²) in [6.07, 6.45) is 2.63. The van der Waals surface area contributed by atoms with Crippen LogP contribution in [0.1, 0.15) is 27.2 Å². The van der Waals surface area contributed by atoms with E-state index in [4.69, 9.17) is 4.74 Å². The van der Waals surface area contributed by atoms with Gasteiger partial charge in [-0.3, -0.25) is 0 Å². The highest BCUT2D eigenvalue weighted by Gasteiger charge is 2.16. The van der Waals surface area contributed by atoms with Gasteiger partial charge in [-0.05, 0) is 36.2 Å². The molecule has 0 spiro atoms. The number of halogens is 1. The Hall–Kier alpha value is -1.37. The van der Waals surface area contributed by atoms with Crippen molar-refractivity contribution < 1.29 is 9.53 Å². The molecule has 0 aliphatic rings. The second-order valence-corrected chi connectivity index (χ2v) is 4.79. The van der Waals surface area contributed by atoms with E-state index in [2.05, 4.69) is 43.5 Å². The van der Waals surface area contributed by atoms with E-state index in [1.54, 1.807) is 20.0 Å². The predicted molar refractivity (Wildman–Crippen MR) is 78.2 cm³/mol. The van der Waals surface area contributed by atoms with Crippen LogP contribution < -0.4 is 10.6 Å². The lowest BCUT2D eigenvalue weighted by molar-refractivity contribution is -0.143. The van der Waals surface area contributed by atoms with Crippen molar-refractivity contribution in [3.05, 3.63) is 10.7 Å². The molecule has 1 rings (SSSR count). The Kier molecular flexibility index (Phi) is 6.55. The van der Waals surface area contributed by atoms with Gasteiger partial charge < -0.3 is 15.4 Å². The standard InChI is InChI=1S/C12H19BrN4O2/c1-4-6-14-12-15-7-9(13)10(17-12)16-8(3)11(18)19-5-2/h7-8H,4-6H2,1-3H3,(H2,14,15,16,17). The van der Waals surface area contributed by atoms with Crippen LogP contribution in [-0.2, 0) is 9.53 Å². The quantitative estimate of drug-likeness (QED) is 0.748. The Morgan fingerprint density at radius 2 is 2.26 bits per heavy atom. The molecule has 0 bridgehead atoms. The molecule has 6 nitrogen and oxygen atoms in total. The van der Waals surface area contributed by atoms with Gasteiger partial charge in [0.2, 0.25) is 5.95 Å². The highest BCUT2D eigenvalue weighted by molar-refractivity contribution is 9.10. The Bertz CT molecular complexity index is 428. The smallest absolute Gasteiger partial charge is 0.328 e. The summed E-state index contributed by atoms with van der Waals surface area (Å²) in [6.45, 7) is 6.73. The van der Waals surface area contributed by atoms with Crippen LogP contribution in [0, 0.1) is 0 Å². The molecule has 0 amide bonds. The number of carbonyl (C=O) groups is 1. The Balaban J connectivity index is 2.73. The summed E-state index contributed by atoms with van der Waals surface area (Å²) < 4.78 is 5.63. The largest absolute Gasteiger partial charge is 0.464 e. The van der Waals surface area contributed by atoms with E-state index < -0.39 is 6.04 Å². The van der Waals surface area contributed by atoms with E-state index in [1.165, 1.54) is 0 Å². The molecule has 2 N–H and O–H groups in total. The summed E-state index contributed by atoms with van der Waals surface area (Å²) in [5.74, 6) is 0.786. The van der Waals surface area contributed by atoms with E-state index in [0.717, 1.165) is 13.0 Å². The van der Waals surface area contributed by atoms with Gasteiger partial charge in [0.1, 0.15) is 11.9 Å². The third kappa shape index (κ3) is 5.02. The summed E-state index contributed by atoms with van der Waals surface area (Å²) >= 11 is 3.35. The first kappa shape index (κ1) is 15.7. The second-order valence-electron chi connectivity index (χ2n) is 3.94. The van der Waals surface area contributed by atoms with Gasteiger partial charge in [-0.25, -0.2) is 9.78 Å². The van der Waals surface area contributed by atoms with Gasteiger partial charge in [0.15, 0.2) is 0 Å². The van der Waals surface area contributed by atoms with E-state index in [-0.39, 0.29) is 5.97 Å². The van der Waals surface area contributed by atoms with E-state index in [1.807, 2.05) is 0 Å². The van der Waals surface area contributed by atoms with Crippen LogP contribution >= 0.6 is 15.9 Å². The average molecular weight is 331 g/mol. The molecule has 0 aliphatic carbocycles. The molecule has 0 saturated carbocycles. The zero-order valence-electron chi connectivity index (χ0n) is 11.4. The van der Waals surface area contributed by atoms with E-state index >= 15 is 0 Å². The minimum atomic E-state index is -0.467. The van der Waals surface area contributed by atoms with Gasteiger partial charge in [-0.1, -0.05) is 6.92 Å². The summed E-state index contributed by atoms with van der Waals surface area (Å²) in [4.78, 5) is 20.0. The number of carbonyl (C=O) groups excluding carboxylic acids is 1. The van der Waals surface area contributed by atoms with Crippen molar-refractivity contribution in [3.63, 3.8) is 0 Å². The van der Waals surface area contributed by atoms with Crippen molar-refractivity contribution in [3.8, 4) is 0 Å². The van der Waals surface area contributed by atoms with Crippen molar-refractivity contribution in [1.82, 2.24) is 9.97 Å². The SMILES string of the molecule is CCCNc1ncc(Br)c(NC(C)C(=O)OCC)n1. The summed E-state index contributed by atoms with van der Waals surface area (Å²) in [5, 5.41) is 6.09. The number of nitrogens with one attached hydrogen (secondary N) is 2. The molecule has 1 unspecified atom stereocenters. The summed E-state index contributed by atoms with van der Waals surface area (Å²) in [5.41, 5.74) is 0. The third-order valence-corrected chi connectivity index (χ3v) is 2.85. The fourth-order valence-corrected chi connectivity index (χ4v) is 1.63. The number of ether oxygens (including phenoxy) is 1. The molecule has 0 saturated heterocycles. The molecule has 0 aliphatic heterocycles. The molecule has 1 heterocycles. The molecular weight excluding hydrogens is 312 g/mol. The van der Waals surface area contributed by atoms with Crippen LogP contribution in [0.4, 0.5) is 11.8 Å². The molecule has 0 fully saturated rings. The molecule has 0 radical (unpaired) electrons. The van der Waals surface area contributed by atoms with Crippen molar-refractivity contribution in [2.24, 2.45) is 0 Å². The maximum atomic E-state index is 11.6. The number of rotatable bonds is 7. The fourth-order valence-electron chi connectivity index (χ4n) is 1.32. The highest BCUT2D eigenvalue weighted by Crippen LogP contribution is 2.21. The lowest BCUT2D eigenvalue weighted by Gasteiger charge is -2.14. The Labute approximate surface area is 121 Å². The van der Waals surface area contributed by atoms with E-state index in [9.17, 15) is 4.79 Å². The van der Waals surface area contributed by atoms with Gasteiger partial charge in [0.25, 0.3) is 0 Å². The lowest BCUT2D eigenvalue weighted by atomic mass is 10.3. The number of hydrogen-bond acceptors (Lipinski definition) is 6. The first-order chi connectivity index (χ1) is 9.08. The van der Waals surface area contributed by atoms with Crippen LogP contribution in [0.2, 0.25) is 0 Å². The Morgan fingerprint density at radius 1 is 1.53 bits per heavy atom. The summed E-state index contributed by atoms with van der Waals surface area (Å²) in [6, 6.07) is -0.467. The Morgan fingerprint density at radius 3 is 2.89 bits per heavy atom. The lowest BCUT2D eigenvalue weighted by Crippen LogP contribution is -2.28. The summed E-state index contributed by atoms with van der Waals surface area (Å²) in [7, 11) is 0. The van der Waals surface area contributed by atoms with Gasteiger partial charge in [-0.15, -0.1) is 0 Å². The number of nitrogens with zero attached hydrogens (tertiary/aromatic N) is 2. The fraction of sp³-hybridized carbons (Fsp3) is 0.583. The topological polar surface area (TPSA) is 76.1 Å². The number of anilines is 2. The third-order valence-electron chi connectivity index (χ3n) is 2.27. The van der Waals surface area contributed by atoms with E-state index in [0.29, 0.717) is 22.8 Å². The molecule has 0 aromatic carbocycles. The van der Waals surface area contributed by atoms with Crippen molar-refractivity contribution in [2.45, 2.75) is 33.2 Å². The molecule has 19 heavy (non-hydrogen) atoms. The van der Waals surface area contributed by atoms with Crippen LogP contribution in [0.25, 0.3) is 0 Å². The van der Waals surface area contributed by atoms with Crippen LogP contribution in [-0.4, -0.2) is 35.1 Å². The second kappa shape index (κ2) is 7.93. The number of aromatic nitrogens is 2. The number of hydrogen-bond donors (Lipinski definition) is 2. The van der Waals surface area contributed by atoms with Gasteiger partial charge in [0.05, 0.1) is 11.1 Å². The first-order valence-electron chi connectivity index (χ1n) is 6.28. The molecular formula is C12H19BrN4O2. The van der Waals surface area contributed by atoms with Crippen molar-refractivity contribution in [2.75, 3.05) is 23.8 Å². The molecule has 1 aromatic rings. The molecule has 106 valence electrons. The van der Waals surface area contributed by atoms with Crippen molar-refractivity contribution in [1.29, 1.82) is 0 Å².